The third-order valence-corrected chi connectivity index (χ3v) is 12.6. The maximum atomic E-state index is 13.6. The van der Waals surface area contributed by atoms with Gasteiger partial charge in [-0.3, -0.25) is 24.5 Å². The summed E-state index contributed by atoms with van der Waals surface area (Å²) < 4.78 is 0. The minimum absolute atomic E-state index is 0.0825. The number of benzene rings is 2. The molecular weight excluding hydrogens is 782 g/mol. The van der Waals surface area contributed by atoms with Gasteiger partial charge in [0.05, 0.1) is 23.4 Å². The first-order valence-corrected chi connectivity index (χ1v) is 21.4. The standard InChI is InChI=1S/C44H52ClN11O4/c1-46-41(58)35-4-2-3-5-37(35)50-40-36(45)27-48-44(52-40)49-32-6-8-33(9-7-32)54-22-24-56(25-23-54)43(60)30-15-18-53(19-16-30)28-29-13-20-55(21-14-29)38-26-31(12-17-47-38)34-10-11-39(57)51-42(34)59/h2-9,12,17,26-27,29-30,34H,10-11,13-16,18-25,28H2,1H3,(H,46,58)(H,51,57,59)(H2,48,49,50,52). The number of halogens is 1. The summed E-state index contributed by atoms with van der Waals surface area (Å²) in [6.45, 7) is 7.80. The molecule has 4 saturated heterocycles. The summed E-state index contributed by atoms with van der Waals surface area (Å²) in [5, 5.41) is 11.8. The van der Waals surface area contributed by atoms with Crippen LogP contribution in [0.1, 0.15) is 60.4 Å². The summed E-state index contributed by atoms with van der Waals surface area (Å²) in [7, 11) is 1.58. The van der Waals surface area contributed by atoms with Crippen LogP contribution in [-0.4, -0.2) is 114 Å². The fraction of sp³-hybridized carbons (Fsp3) is 0.432. The Hall–Kier alpha value is -5.80. The lowest BCUT2D eigenvalue weighted by Crippen LogP contribution is -2.52. The van der Waals surface area contributed by atoms with E-state index in [1.54, 1.807) is 31.4 Å². The summed E-state index contributed by atoms with van der Waals surface area (Å²) in [5.41, 5.74) is 3.88. The molecule has 4 aliphatic heterocycles. The molecule has 15 nitrogen and oxygen atoms in total. The summed E-state index contributed by atoms with van der Waals surface area (Å²) in [4.78, 5) is 72.8. The first kappa shape index (κ1) is 41.0. The van der Waals surface area contributed by atoms with E-state index >= 15 is 0 Å². The third kappa shape index (κ3) is 9.63. The Morgan fingerprint density at radius 1 is 0.833 bits per heavy atom. The molecule has 0 radical (unpaired) electrons. The maximum absolute atomic E-state index is 13.6. The Morgan fingerprint density at radius 2 is 1.58 bits per heavy atom. The Balaban J connectivity index is 0.756. The number of anilines is 6. The first-order valence-electron chi connectivity index (χ1n) is 21.0. The molecule has 314 valence electrons. The predicted molar refractivity (Wildman–Crippen MR) is 232 cm³/mol. The van der Waals surface area contributed by atoms with Gasteiger partial charge >= 0.3 is 0 Å². The number of rotatable bonds is 11. The van der Waals surface area contributed by atoms with Gasteiger partial charge in [-0.25, -0.2) is 9.97 Å². The zero-order valence-corrected chi connectivity index (χ0v) is 34.7. The summed E-state index contributed by atoms with van der Waals surface area (Å²) in [6, 6.07) is 19.1. The van der Waals surface area contributed by atoms with Gasteiger partial charge in [-0.05, 0) is 105 Å². The second-order valence-corrected chi connectivity index (χ2v) is 16.5. The van der Waals surface area contributed by atoms with Crippen LogP contribution in [0.3, 0.4) is 0 Å². The molecule has 2 aromatic heterocycles. The Bertz CT molecular complexity index is 2180. The number of hydrogen-bond acceptors (Lipinski definition) is 12. The van der Waals surface area contributed by atoms with E-state index in [9.17, 15) is 19.2 Å². The van der Waals surface area contributed by atoms with Crippen molar-refractivity contribution < 1.29 is 19.2 Å². The molecule has 4 N–H and O–H groups in total. The van der Waals surface area contributed by atoms with E-state index in [0.717, 1.165) is 94.3 Å². The zero-order chi connectivity index (χ0) is 41.6. The number of piperidine rings is 3. The summed E-state index contributed by atoms with van der Waals surface area (Å²) in [6.07, 6.45) is 8.17. The number of likely N-dealkylation sites (tertiary alicyclic amines) is 1. The number of nitrogens with zero attached hydrogens (tertiary/aromatic N) is 7. The lowest BCUT2D eigenvalue weighted by molar-refractivity contribution is -0.137. The molecule has 6 heterocycles. The van der Waals surface area contributed by atoms with Gasteiger partial charge in [0.25, 0.3) is 5.91 Å². The van der Waals surface area contributed by atoms with Crippen molar-refractivity contribution in [3.8, 4) is 0 Å². The highest BCUT2D eigenvalue weighted by atomic mass is 35.5. The lowest BCUT2D eigenvalue weighted by atomic mass is 9.90. The normalized spacial score (nSPS) is 19.5. The number of carbonyl (C=O) groups excluding carboxylic acids is 4. The van der Waals surface area contributed by atoms with Crippen LogP contribution in [-0.2, 0) is 14.4 Å². The van der Waals surface area contributed by atoms with Gasteiger partial charge < -0.3 is 35.6 Å². The molecule has 4 amide bonds. The number of pyridine rings is 1. The SMILES string of the molecule is CNC(=O)c1ccccc1Nc1nc(Nc2ccc(N3CCN(C(=O)C4CCN(CC5CCN(c6cc(C7CCC(=O)NC7=O)ccn6)CC5)CC4)CC3)cc2)ncc1Cl. The fourth-order valence-corrected chi connectivity index (χ4v) is 8.94. The number of amides is 4. The van der Waals surface area contributed by atoms with E-state index in [2.05, 4.69) is 68.0 Å². The summed E-state index contributed by atoms with van der Waals surface area (Å²) >= 11 is 6.41. The van der Waals surface area contributed by atoms with Crippen LogP contribution in [0.2, 0.25) is 5.02 Å². The highest BCUT2D eigenvalue weighted by Crippen LogP contribution is 2.31. The Labute approximate surface area is 355 Å². The van der Waals surface area contributed by atoms with Crippen LogP contribution in [0.5, 0.6) is 0 Å². The van der Waals surface area contributed by atoms with E-state index in [1.165, 1.54) is 6.20 Å². The average Bonchev–Trinajstić information content (AvgIpc) is 3.28. The van der Waals surface area contributed by atoms with Gasteiger partial charge in [-0.1, -0.05) is 23.7 Å². The van der Waals surface area contributed by atoms with Crippen LogP contribution >= 0.6 is 11.6 Å². The number of hydrogen-bond donors (Lipinski definition) is 4. The Kier molecular flexibility index (Phi) is 12.7. The lowest BCUT2D eigenvalue weighted by Gasteiger charge is -2.40. The molecule has 16 heteroatoms. The van der Waals surface area contributed by atoms with Gasteiger partial charge in [-0.2, -0.15) is 4.98 Å². The third-order valence-electron chi connectivity index (χ3n) is 12.3. The zero-order valence-electron chi connectivity index (χ0n) is 33.9. The van der Waals surface area contributed by atoms with Gasteiger partial charge in [-0.15, -0.1) is 0 Å². The minimum Gasteiger partial charge on any atom is -0.368 e. The second-order valence-electron chi connectivity index (χ2n) is 16.1. The van der Waals surface area contributed by atoms with Crippen molar-refractivity contribution in [2.24, 2.45) is 11.8 Å². The first-order chi connectivity index (χ1) is 29.2. The molecule has 60 heavy (non-hydrogen) atoms. The molecule has 0 saturated carbocycles. The van der Waals surface area contributed by atoms with Crippen LogP contribution in [0, 0.1) is 11.8 Å². The van der Waals surface area contributed by atoms with E-state index in [-0.39, 0.29) is 29.6 Å². The minimum atomic E-state index is -0.304. The highest BCUT2D eigenvalue weighted by molar-refractivity contribution is 6.33. The largest absolute Gasteiger partial charge is 0.368 e. The molecule has 8 rings (SSSR count). The summed E-state index contributed by atoms with van der Waals surface area (Å²) in [5.74, 6) is 1.68. The van der Waals surface area contributed by atoms with Gasteiger partial charge in [0.15, 0.2) is 5.82 Å². The highest BCUT2D eigenvalue weighted by Gasteiger charge is 2.33. The van der Waals surface area contributed by atoms with Crippen LogP contribution in [0.4, 0.5) is 34.6 Å². The van der Waals surface area contributed by atoms with Crippen molar-refractivity contribution >= 4 is 69.9 Å². The van der Waals surface area contributed by atoms with Crippen molar-refractivity contribution in [2.45, 2.75) is 44.4 Å². The molecule has 0 bridgehead atoms. The van der Waals surface area contributed by atoms with Crippen molar-refractivity contribution in [3.63, 3.8) is 0 Å². The number of nitrogens with one attached hydrogen (secondary N) is 4. The molecule has 0 spiro atoms. The van der Waals surface area contributed by atoms with Gasteiger partial charge in [0.2, 0.25) is 23.7 Å². The molecule has 1 atom stereocenters. The van der Waals surface area contributed by atoms with Crippen LogP contribution in [0.15, 0.2) is 73.1 Å². The number of piperazine rings is 1. The quantitative estimate of drug-likeness (QED) is 0.147. The maximum Gasteiger partial charge on any atom is 0.253 e. The van der Waals surface area contributed by atoms with Gasteiger partial charge in [0, 0.05) is 82.8 Å². The molecule has 0 aliphatic carbocycles. The molecular formula is C44H52ClN11O4. The molecule has 4 aliphatic rings. The monoisotopic (exact) mass is 833 g/mol. The number of carbonyl (C=O) groups is 4. The van der Waals surface area contributed by atoms with E-state index in [0.29, 0.717) is 65.8 Å². The van der Waals surface area contributed by atoms with Crippen LogP contribution < -0.4 is 31.1 Å². The van der Waals surface area contributed by atoms with E-state index in [1.807, 2.05) is 30.3 Å². The van der Waals surface area contributed by atoms with E-state index in [4.69, 9.17) is 11.6 Å². The smallest absolute Gasteiger partial charge is 0.253 e. The predicted octanol–water partition coefficient (Wildman–Crippen LogP) is 5.17. The molecule has 4 fully saturated rings. The van der Waals surface area contributed by atoms with Crippen molar-refractivity contribution in [3.05, 3.63) is 89.2 Å². The second kappa shape index (κ2) is 18.6. The van der Waals surface area contributed by atoms with Crippen molar-refractivity contribution in [1.29, 1.82) is 0 Å². The molecule has 2 aromatic carbocycles. The Morgan fingerprint density at radius 3 is 2.32 bits per heavy atom. The number of para-hydroxylation sites is 1. The number of imide groups is 1. The van der Waals surface area contributed by atoms with E-state index < -0.39 is 0 Å². The van der Waals surface area contributed by atoms with Crippen molar-refractivity contribution in [1.82, 2.24) is 35.4 Å². The molecule has 4 aromatic rings. The van der Waals surface area contributed by atoms with Crippen molar-refractivity contribution in [2.75, 3.05) is 86.4 Å². The van der Waals surface area contributed by atoms with Gasteiger partial charge in [0.1, 0.15) is 10.8 Å². The average molecular weight is 834 g/mol. The topological polar surface area (TPSA) is 168 Å². The van der Waals surface area contributed by atoms with Crippen LogP contribution in [0.25, 0.3) is 0 Å². The number of aromatic nitrogens is 3. The fourth-order valence-electron chi connectivity index (χ4n) is 8.80. The molecule has 1 unspecified atom stereocenters.